The minimum Gasteiger partial charge on any atom is -0.465 e. The van der Waals surface area contributed by atoms with E-state index in [9.17, 15) is 9.59 Å². The molecule has 1 aromatic heterocycles. The number of methoxy groups -OCH3 is 1. The van der Waals surface area contributed by atoms with Crippen LogP contribution < -0.4 is 0 Å². The lowest BCUT2D eigenvalue weighted by atomic mass is 9.96. The van der Waals surface area contributed by atoms with Crippen molar-refractivity contribution >= 4 is 22.7 Å². The van der Waals surface area contributed by atoms with Crippen molar-refractivity contribution in [1.82, 2.24) is 4.98 Å². The van der Waals surface area contributed by atoms with Gasteiger partial charge in [-0.3, -0.25) is 4.79 Å². The molecule has 3 aromatic rings. The van der Waals surface area contributed by atoms with Crippen LogP contribution in [0.15, 0.2) is 48.5 Å². The Morgan fingerprint density at radius 3 is 2.50 bits per heavy atom. The topological polar surface area (TPSA) is 56.3 Å². The van der Waals surface area contributed by atoms with Gasteiger partial charge in [0.15, 0.2) is 5.78 Å². The molecule has 0 spiro atoms. The number of pyridine rings is 1. The molecule has 2 aromatic carbocycles. The van der Waals surface area contributed by atoms with Crippen molar-refractivity contribution in [2.45, 2.75) is 13.8 Å². The van der Waals surface area contributed by atoms with Gasteiger partial charge in [0.2, 0.25) is 0 Å². The van der Waals surface area contributed by atoms with Gasteiger partial charge in [-0.1, -0.05) is 30.3 Å². The van der Waals surface area contributed by atoms with E-state index in [0.29, 0.717) is 11.3 Å². The Labute approximate surface area is 140 Å². The van der Waals surface area contributed by atoms with E-state index in [2.05, 4.69) is 4.98 Å². The second-order valence-electron chi connectivity index (χ2n) is 5.65. The number of aromatic nitrogens is 1. The average Bonchev–Trinajstić information content (AvgIpc) is 2.60. The number of aryl methyl sites for hydroxylation is 1. The van der Waals surface area contributed by atoms with E-state index in [1.54, 1.807) is 12.1 Å². The molecule has 0 aliphatic heterocycles. The van der Waals surface area contributed by atoms with E-state index in [-0.39, 0.29) is 11.8 Å². The maximum atomic E-state index is 12.0. The van der Waals surface area contributed by atoms with Crippen LogP contribution in [-0.4, -0.2) is 23.8 Å². The predicted molar refractivity (Wildman–Crippen MR) is 93.3 cm³/mol. The molecule has 24 heavy (non-hydrogen) atoms. The van der Waals surface area contributed by atoms with Gasteiger partial charge >= 0.3 is 5.97 Å². The van der Waals surface area contributed by atoms with Crippen molar-refractivity contribution in [3.05, 3.63) is 65.4 Å². The average molecular weight is 319 g/mol. The first kappa shape index (κ1) is 15.9. The minimum atomic E-state index is -0.375. The number of hydrogen-bond acceptors (Lipinski definition) is 4. The fourth-order valence-electron chi connectivity index (χ4n) is 2.71. The Hall–Kier alpha value is -3.01. The normalized spacial score (nSPS) is 10.6. The third kappa shape index (κ3) is 2.78. The first-order valence-electron chi connectivity index (χ1n) is 7.61. The molecule has 0 fully saturated rings. The minimum absolute atomic E-state index is 0.0951. The number of hydrogen-bond donors (Lipinski definition) is 0. The van der Waals surface area contributed by atoms with Gasteiger partial charge in [0.1, 0.15) is 5.69 Å². The molecule has 0 bridgehead atoms. The summed E-state index contributed by atoms with van der Waals surface area (Å²) in [6.45, 7) is 3.36. The first-order chi connectivity index (χ1) is 11.5. The SMILES string of the molecule is COC(=O)c1cc(-c2cc(C(C)=O)nc3ccccc23)ccc1C. The van der Waals surface area contributed by atoms with Crippen LogP contribution in [0.2, 0.25) is 0 Å². The van der Waals surface area contributed by atoms with Crippen LogP contribution in [0.3, 0.4) is 0 Å². The number of nitrogens with zero attached hydrogens (tertiary/aromatic N) is 1. The van der Waals surface area contributed by atoms with E-state index in [4.69, 9.17) is 4.74 Å². The van der Waals surface area contributed by atoms with Crippen LogP contribution in [0.25, 0.3) is 22.0 Å². The van der Waals surface area contributed by atoms with E-state index < -0.39 is 0 Å². The molecular weight excluding hydrogens is 302 g/mol. The molecule has 0 unspecified atom stereocenters. The lowest BCUT2D eigenvalue weighted by Gasteiger charge is -2.11. The van der Waals surface area contributed by atoms with Gasteiger partial charge in [-0.05, 0) is 41.8 Å². The molecule has 0 N–H and O–H groups in total. The number of ketones is 1. The van der Waals surface area contributed by atoms with Crippen LogP contribution in [-0.2, 0) is 4.74 Å². The van der Waals surface area contributed by atoms with E-state index in [1.807, 2.05) is 43.3 Å². The zero-order valence-corrected chi connectivity index (χ0v) is 13.8. The summed E-state index contributed by atoms with van der Waals surface area (Å²) in [4.78, 5) is 28.2. The molecule has 0 saturated heterocycles. The monoisotopic (exact) mass is 319 g/mol. The number of ether oxygens (including phenoxy) is 1. The zero-order valence-electron chi connectivity index (χ0n) is 13.8. The number of carbonyl (C=O) groups excluding carboxylic acids is 2. The Morgan fingerprint density at radius 2 is 1.79 bits per heavy atom. The first-order valence-corrected chi connectivity index (χ1v) is 7.61. The van der Waals surface area contributed by atoms with Crippen LogP contribution in [0.4, 0.5) is 0 Å². The largest absolute Gasteiger partial charge is 0.465 e. The Balaban J connectivity index is 2.29. The van der Waals surface area contributed by atoms with Crippen molar-refractivity contribution in [3.63, 3.8) is 0 Å². The Kier molecular flexibility index (Phi) is 4.13. The number of esters is 1. The summed E-state index contributed by atoms with van der Waals surface area (Å²) in [5.41, 5.74) is 4.23. The fraction of sp³-hybridized carbons (Fsp3) is 0.150. The molecule has 0 amide bonds. The van der Waals surface area contributed by atoms with Gasteiger partial charge in [0.05, 0.1) is 18.2 Å². The molecule has 1 heterocycles. The molecular formula is C20H17NO3. The molecule has 3 rings (SSSR count). The molecule has 0 aliphatic rings. The molecule has 0 atom stereocenters. The number of rotatable bonds is 3. The summed E-state index contributed by atoms with van der Waals surface area (Å²) in [5, 5.41) is 0.933. The number of carbonyl (C=O) groups is 2. The maximum Gasteiger partial charge on any atom is 0.338 e. The molecule has 4 heteroatoms. The van der Waals surface area contributed by atoms with Crippen molar-refractivity contribution in [3.8, 4) is 11.1 Å². The summed E-state index contributed by atoms with van der Waals surface area (Å²) in [5.74, 6) is -0.471. The number of fused-ring (bicyclic) bond motifs is 1. The van der Waals surface area contributed by atoms with Crippen LogP contribution in [0.5, 0.6) is 0 Å². The fourth-order valence-corrected chi connectivity index (χ4v) is 2.71. The van der Waals surface area contributed by atoms with E-state index in [0.717, 1.165) is 27.6 Å². The van der Waals surface area contributed by atoms with Gasteiger partial charge < -0.3 is 4.74 Å². The van der Waals surface area contributed by atoms with Gasteiger partial charge in [0.25, 0.3) is 0 Å². The Bertz CT molecular complexity index is 960. The maximum absolute atomic E-state index is 12.0. The van der Waals surface area contributed by atoms with Crippen molar-refractivity contribution in [2.24, 2.45) is 0 Å². The van der Waals surface area contributed by atoms with Crippen LogP contribution >= 0.6 is 0 Å². The quantitative estimate of drug-likeness (QED) is 0.536. The second kappa shape index (κ2) is 6.24. The van der Waals surface area contributed by atoms with Crippen LogP contribution in [0, 0.1) is 6.92 Å². The number of benzene rings is 2. The third-order valence-electron chi connectivity index (χ3n) is 4.03. The van der Waals surface area contributed by atoms with E-state index in [1.165, 1.54) is 14.0 Å². The summed E-state index contributed by atoms with van der Waals surface area (Å²) in [7, 11) is 1.37. The summed E-state index contributed by atoms with van der Waals surface area (Å²) >= 11 is 0. The van der Waals surface area contributed by atoms with Crippen molar-refractivity contribution in [2.75, 3.05) is 7.11 Å². The molecule has 0 aliphatic carbocycles. The summed E-state index contributed by atoms with van der Waals surface area (Å²) < 4.78 is 4.85. The molecule has 0 saturated carbocycles. The van der Waals surface area contributed by atoms with Crippen molar-refractivity contribution in [1.29, 1.82) is 0 Å². The number of Topliss-reactive ketones (excluding diaryl/α,β-unsaturated/α-hetero) is 1. The van der Waals surface area contributed by atoms with Gasteiger partial charge in [-0.15, -0.1) is 0 Å². The van der Waals surface area contributed by atoms with Gasteiger partial charge in [0, 0.05) is 12.3 Å². The highest BCUT2D eigenvalue weighted by Gasteiger charge is 2.14. The van der Waals surface area contributed by atoms with Crippen molar-refractivity contribution < 1.29 is 14.3 Å². The third-order valence-corrected chi connectivity index (χ3v) is 4.03. The predicted octanol–water partition coefficient (Wildman–Crippen LogP) is 4.20. The molecule has 4 nitrogen and oxygen atoms in total. The van der Waals surface area contributed by atoms with E-state index >= 15 is 0 Å². The Morgan fingerprint density at radius 1 is 1.04 bits per heavy atom. The van der Waals surface area contributed by atoms with Gasteiger partial charge in [-0.25, -0.2) is 9.78 Å². The highest BCUT2D eigenvalue weighted by atomic mass is 16.5. The molecule has 120 valence electrons. The highest BCUT2D eigenvalue weighted by molar-refractivity contribution is 6.02. The smallest absolute Gasteiger partial charge is 0.338 e. The second-order valence-corrected chi connectivity index (χ2v) is 5.65. The number of para-hydroxylation sites is 1. The molecule has 0 radical (unpaired) electrons. The lowest BCUT2D eigenvalue weighted by molar-refractivity contribution is 0.0600. The van der Waals surface area contributed by atoms with Crippen LogP contribution in [0.1, 0.15) is 33.3 Å². The standard InChI is InChI=1S/C20H17NO3/c1-12-8-9-14(10-16(12)20(23)24-3)17-11-19(13(2)22)21-18-7-5-4-6-15(17)18/h4-11H,1-3H3. The lowest BCUT2D eigenvalue weighted by Crippen LogP contribution is -2.04. The zero-order chi connectivity index (χ0) is 17.3. The summed E-state index contributed by atoms with van der Waals surface area (Å²) in [6, 6.07) is 15.0. The van der Waals surface area contributed by atoms with Gasteiger partial charge in [-0.2, -0.15) is 0 Å². The highest BCUT2D eigenvalue weighted by Crippen LogP contribution is 2.30. The summed E-state index contributed by atoms with van der Waals surface area (Å²) in [6.07, 6.45) is 0.